The molecule has 0 amide bonds. The van der Waals surface area contributed by atoms with Crippen molar-refractivity contribution in [3.8, 4) is 12.1 Å². The Morgan fingerprint density at radius 3 is 2.50 bits per heavy atom. The van der Waals surface area contributed by atoms with Gasteiger partial charge in [0.05, 0.1) is 21.9 Å². The molecule has 7 heteroatoms. The average molecular weight is 389 g/mol. The summed E-state index contributed by atoms with van der Waals surface area (Å²) in [5.41, 5.74) is 2.98. The molecule has 0 bridgehead atoms. The molecule has 3 aromatic rings. The van der Waals surface area contributed by atoms with Crippen molar-refractivity contribution in [2.24, 2.45) is 0 Å². The molecule has 6 nitrogen and oxygen atoms in total. The number of benzene rings is 2. The van der Waals surface area contributed by atoms with E-state index >= 15 is 0 Å². The molecule has 0 aliphatic carbocycles. The molecule has 140 valence electrons. The maximum absolute atomic E-state index is 8.96. The van der Waals surface area contributed by atoms with Gasteiger partial charge in [-0.3, -0.25) is 10.8 Å². The Morgan fingerprint density at radius 1 is 1.14 bits per heavy atom. The van der Waals surface area contributed by atoms with Crippen molar-refractivity contribution in [1.82, 2.24) is 0 Å². The maximum atomic E-state index is 8.96. The molecule has 3 rings (SSSR count). The largest absolute Gasteiger partial charge is 0.428 e. The van der Waals surface area contributed by atoms with Gasteiger partial charge in [-0.05, 0) is 54.3 Å². The van der Waals surface area contributed by atoms with Crippen LogP contribution >= 0.6 is 11.3 Å². The Hall–Kier alpha value is -3.68. The highest BCUT2D eigenvalue weighted by atomic mass is 32.1. The minimum absolute atomic E-state index is 0.0977. The summed E-state index contributed by atoms with van der Waals surface area (Å²) in [4.78, 5) is 0. The van der Waals surface area contributed by atoms with Crippen LogP contribution in [0, 0.1) is 33.5 Å². The standard InChI is InChI=1S/C12H12N2S.C9H7N3O/c1-2-6-14-11-4-3-9(8-13)12-10(11)5-7-15-12;10-5-7-1-3-8(4-2-7)9(12)13-6-11/h3-5,7,14H,2,6H2,1H3;1-4,6,11-12H. The molecule has 0 fully saturated rings. The normalized spacial score (nSPS) is 9.39. The lowest BCUT2D eigenvalue weighted by Gasteiger charge is -2.06. The Balaban J connectivity index is 0.000000203. The molecule has 0 atom stereocenters. The number of hydrogen-bond acceptors (Lipinski definition) is 7. The summed E-state index contributed by atoms with van der Waals surface area (Å²) in [5, 5.41) is 37.9. The number of rotatable bonds is 5. The number of nitriles is 2. The fourth-order valence-corrected chi connectivity index (χ4v) is 3.27. The van der Waals surface area contributed by atoms with Crippen LogP contribution in [0.4, 0.5) is 5.69 Å². The summed E-state index contributed by atoms with van der Waals surface area (Å²) in [5.74, 6) is -0.0977. The molecule has 0 aliphatic rings. The maximum Gasteiger partial charge on any atom is 0.220 e. The number of hydrogen-bond donors (Lipinski definition) is 3. The number of anilines is 1. The average Bonchev–Trinajstić information content (AvgIpc) is 3.23. The van der Waals surface area contributed by atoms with E-state index in [0.29, 0.717) is 17.5 Å². The van der Waals surface area contributed by atoms with Crippen LogP contribution in [0.3, 0.4) is 0 Å². The Labute approximate surface area is 167 Å². The van der Waals surface area contributed by atoms with Crippen LogP contribution in [0.2, 0.25) is 0 Å². The first-order valence-corrected chi connectivity index (χ1v) is 9.41. The van der Waals surface area contributed by atoms with Gasteiger partial charge in [0, 0.05) is 23.2 Å². The van der Waals surface area contributed by atoms with Crippen LogP contribution in [-0.4, -0.2) is 18.8 Å². The van der Waals surface area contributed by atoms with Crippen LogP contribution in [0.25, 0.3) is 10.1 Å². The summed E-state index contributed by atoms with van der Waals surface area (Å²) in [6.45, 7) is 3.11. The van der Waals surface area contributed by atoms with E-state index in [9.17, 15) is 0 Å². The zero-order chi connectivity index (χ0) is 20.4. The number of thiophene rings is 1. The predicted molar refractivity (Wildman–Crippen MR) is 113 cm³/mol. The first-order valence-electron chi connectivity index (χ1n) is 8.53. The molecule has 1 heterocycles. The van der Waals surface area contributed by atoms with E-state index in [1.54, 1.807) is 35.6 Å². The lowest BCUT2D eigenvalue weighted by molar-refractivity contribution is 0.561. The Morgan fingerprint density at radius 2 is 1.89 bits per heavy atom. The van der Waals surface area contributed by atoms with Gasteiger partial charge in [-0.25, -0.2) is 0 Å². The fourth-order valence-electron chi connectivity index (χ4n) is 2.39. The zero-order valence-electron chi connectivity index (χ0n) is 15.3. The molecular formula is C21H19N5OS. The van der Waals surface area contributed by atoms with E-state index < -0.39 is 0 Å². The Kier molecular flexibility index (Phi) is 7.71. The van der Waals surface area contributed by atoms with Crippen molar-refractivity contribution in [1.29, 1.82) is 21.3 Å². The van der Waals surface area contributed by atoms with E-state index in [4.69, 9.17) is 21.3 Å². The predicted octanol–water partition coefficient (Wildman–Crippen LogP) is 5.10. The second-order valence-corrected chi connectivity index (χ2v) is 6.53. The summed E-state index contributed by atoms with van der Waals surface area (Å²) < 4.78 is 5.63. The van der Waals surface area contributed by atoms with Gasteiger partial charge in [0.2, 0.25) is 5.90 Å². The van der Waals surface area contributed by atoms with E-state index in [0.717, 1.165) is 34.3 Å². The lowest BCUT2D eigenvalue weighted by Crippen LogP contribution is -2.02. The third-order valence-corrected chi connectivity index (χ3v) is 4.70. The summed E-state index contributed by atoms with van der Waals surface area (Å²) >= 11 is 1.62. The highest BCUT2D eigenvalue weighted by molar-refractivity contribution is 7.17. The molecular weight excluding hydrogens is 370 g/mol. The van der Waals surface area contributed by atoms with Crippen LogP contribution in [0.15, 0.2) is 47.8 Å². The highest BCUT2D eigenvalue weighted by Crippen LogP contribution is 2.30. The smallest absolute Gasteiger partial charge is 0.220 e. The minimum Gasteiger partial charge on any atom is -0.428 e. The van der Waals surface area contributed by atoms with Crippen molar-refractivity contribution in [3.63, 3.8) is 0 Å². The first kappa shape index (κ1) is 20.6. The quantitative estimate of drug-likeness (QED) is 0.415. The number of ether oxygens (including phenoxy) is 1. The van der Waals surface area contributed by atoms with Crippen LogP contribution in [-0.2, 0) is 4.74 Å². The number of nitrogens with zero attached hydrogens (tertiary/aromatic N) is 2. The zero-order valence-corrected chi connectivity index (χ0v) is 16.1. The molecule has 3 N–H and O–H groups in total. The topological polar surface area (TPSA) is 117 Å². The van der Waals surface area contributed by atoms with Crippen molar-refractivity contribution in [2.75, 3.05) is 11.9 Å². The van der Waals surface area contributed by atoms with Crippen LogP contribution < -0.4 is 5.32 Å². The lowest BCUT2D eigenvalue weighted by atomic mass is 10.1. The van der Waals surface area contributed by atoms with Gasteiger partial charge in [0.1, 0.15) is 6.07 Å². The van der Waals surface area contributed by atoms with Crippen molar-refractivity contribution in [3.05, 3.63) is 64.5 Å². The van der Waals surface area contributed by atoms with Gasteiger partial charge in [0.25, 0.3) is 0 Å². The molecule has 28 heavy (non-hydrogen) atoms. The second-order valence-electron chi connectivity index (χ2n) is 5.62. The van der Waals surface area contributed by atoms with Crippen LogP contribution in [0.1, 0.15) is 30.0 Å². The molecule has 0 spiro atoms. The third kappa shape index (κ3) is 5.16. The molecule has 2 aromatic carbocycles. The van der Waals surface area contributed by atoms with Gasteiger partial charge in [-0.1, -0.05) is 6.92 Å². The van der Waals surface area contributed by atoms with E-state index in [2.05, 4.69) is 29.1 Å². The van der Waals surface area contributed by atoms with Crippen LogP contribution in [0.5, 0.6) is 0 Å². The van der Waals surface area contributed by atoms with E-state index in [1.165, 1.54) is 0 Å². The fraction of sp³-hybridized carbons (Fsp3) is 0.143. The molecule has 1 aromatic heterocycles. The molecule has 0 saturated carbocycles. The molecule has 0 radical (unpaired) electrons. The minimum atomic E-state index is -0.0977. The SMILES string of the molecule is CCCNc1ccc(C#N)c2sccc12.N#Cc1ccc(C(=N)OC=N)cc1. The van der Waals surface area contributed by atoms with Gasteiger partial charge in [0.15, 0.2) is 6.40 Å². The molecule has 0 aliphatic heterocycles. The third-order valence-electron chi connectivity index (χ3n) is 3.76. The molecule has 0 unspecified atom stereocenters. The van der Waals surface area contributed by atoms with Gasteiger partial charge in [-0.2, -0.15) is 10.5 Å². The van der Waals surface area contributed by atoms with Crippen molar-refractivity contribution in [2.45, 2.75) is 13.3 Å². The second kappa shape index (κ2) is 10.5. The Bertz CT molecular complexity index is 1040. The summed E-state index contributed by atoms with van der Waals surface area (Å²) in [7, 11) is 0. The first-order chi connectivity index (χ1) is 13.6. The summed E-state index contributed by atoms with van der Waals surface area (Å²) in [6, 6.07) is 16.5. The van der Waals surface area contributed by atoms with Gasteiger partial charge < -0.3 is 10.1 Å². The monoisotopic (exact) mass is 389 g/mol. The highest BCUT2D eigenvalue weighted by Gasteiger charge is 2.06. The van der Waals surface area contributed by atoms with Gasteiger partial charge in [-0.15, -0.1) is 11.3 Å². The van der Waals surface area contributed by atoms with E-state index in [-0.39, 0.29) is 5.90 Å². The van der Waals surface area contributed by atoms with Gasteiger partial charge >= 0.3 is 0 Å². The molecule has 0 saturated heterocycles. The van der Waals surface area contributed by atoms with Crippen molar-refractivity contribution < 1.29 is 4.74 Å². The number of fused-ring (bicyclic) bond motifs is 1. The number of nitrogens with one attached hydrogen (secondary N) is 3. The van der Waals surface area contributed by atoms with E-state index in [1.807, 2.05) is 23.6 Å². The summed E-state index contributed by atoms with van der Waals surface area (Å²) in [6.07, 6.45) is 1.80. The van der Waals surface area contributed by atoms with Crippen molar-refractivity contribution >= 4 is 39.4 Å².